The van der Waals surface area contributed by atoms with Crippen molar-refractivity contribution in [1.82, 2.24) is 19.6 Å². The van der Waals surface area contributed by atoms with Gasteiger partial charge < -0.3 is 0 Å². The molecule has 0 unspecified atom stereocenters. The molecule has 6 nitrogen and oxygen atoms in total. The number of halogens is 2. The van der Waals surface area contributed by atoms with Gasteiger partial charge in [-0.25, -0.2) is 23.3 Å². The van der Waals surface area contributed by atoms with Gasteiger partial charge in [-0.05, 0) is 75.2 Å². The normalized spacial score (nSPS) is 30.5. The molecule has 172 valence electrons. The second kappa shape index (κ2) is 7.04. The SMILES string of the molecule is O=C(Nc1nc(C23CC4CC(CC(C4)C2)C3)cs1)c1cnn2c(C(F)F)cc(C3CC3)nc12. The van der Waals surface area contributed by atoms with Gasteiger partial charge in [-0.1, -0.05) is 0 Å². The lowest BCUT2D eigenvalue weighted by atomic mass is 9.49. The van der Waals surface area contributed by atoms with E-state index in [2.05, 4.69) is 20.8 Å². The third-order valence-electron chi connectivity index (χ3n) is 8.29. The maximum atomic E-state index is 13.6. The predicted molar refractivity (Wildman–Crippen MR) is 120 cm³/mol. The minimum absolute atomic E-state index is 0.172. The van der Waals surface area contributed by atoms with Gasteiger partial charge in [0.2, 0.25) is 0 Å². The molecule has 0 aliphatic heterocycles. The number of nitrogens with zero attached hydrogens (tertiary/aromatic N) is 4. The highest BCUT2D eigenvalue weighted by Gasteiger charge is 2.52. The summed E-state index contributed by atoms with van der Waals surface area (Å²) >= 11 is 1.44. The molecule has 5 aliphatic rings. The van der Waals surface area contributed by atoms with Gasteiger partial charge in [0, 0.05) is 22.4 Å². The predicted octanol–water partition coefficient (Wildman–Crippen LogP) is 5.72. The molecule has 4 bridgehead atoms. The molecular formula is C24H25F2N5OS. The smallest absolute Gasteiger partial charge is 0.280 e. The van der Waals surface area contributed by atoms with Gasteiger partial charge in [0.05, 0.1) is 11.9 Å². The standard InChI is InChI=1S/C24H25F2N5OS/c25-20(26)18-6-17(15-1-2-15)28-21-16(10-27-31(18)21)22(32)30-23-29-19(11-33-23)24-7-12-3-13(8-24)5-14(4-12)9-24/h6,10-15,20H,1-5,7-9H2,(H,29,30,32). The molecule has 0 atom stereocenters. The van der Waals surface area contributed by atoms with Crippen LogP contribution in [-0.4, -0.2) is 25.5 Å². The number of carbonyl (C=O) groups is 1. The van der Waals surface area contributed by atoms with Gasteiger partial charge >= 0.3 is 0 Å². The maximum absolute atomic E-state index is 13.6. The fourth-order valence-corrected chi connectivity index (χ4v) is 7.90. The fraction of sp³-hybridized carbons (Fsp3) is 0.583. The molecule has 3 aromatic heterocycles. The quantitative estimate of drug-likeness (QED) is 0.519. The van der Waals surface area contributed by atoms with Crippen LogP contribution in [0.4, 0.5) is 13.9 Å². The van der Waals surface area contributed by atoms with E-state index in [0.29, 0.717) is 10.8 Å². The molecule has 9 heteroatoms. The first-order valence-corrected chi connectivity index (χ1v) is 12.8. The first-order valence-electron chi connectivity index (χ1n) is 11.9. The van der Waals surface area contributed by atoms with E-state index in [-0.39, 0.29) is 28.2 Å². The number of aromatic nitrogens is 4. The van der Waals surface area contributed by atoms with Crippen LogP contribution in [0, 0.1) is 17.8 Å². The van der Waals surface area contributed by atoms with Crippen LogP contribution in [-0.2, 0) is 5.41 Å². The molecule has 33 heavy (non-hydrogen) atoms. The van der Waals surface area contributed by atoms with E-state index in [1.165, 1.54) is 62.1 Å². The summed E-state index contributed by atoms with van der Waals surface area (Å²) in [5, 5.41) is 9.60. The van der Waals surface area contributed by atoms with Gasteiger partial charge in [0.15, 0.2) is 10.8 Å². The number of hydrogen-bond acceptors (Lipinski definition) is 5. The number of carbonyl (C=O) groups excluding carboxylic acids is 1. The van der Waals surface area contributed by atoms with E-state index < -0.39 is 12.3 Å². The summed E-state index contributed by atoms with van der Waals surface area (Å²) in [6.45, 7) is 0. The van der Waals surface area contributed by atoms with Crippen molar-refractivity contribution in [2.24, 2.45) is 17.8 Å². The van der Waals surface area contributed by atoms with Crippen LogP contribution < -0.4 is 5.32 Å². The Labute approximate surface area is 193 Å². The molecule has 5 fully saturated rings. The number of rotatable bonds is 5. The summed E-state index contributed by atoms with van der Waals surface area (Å²) in [4.78, 5) is 22.5. The zero-order valence-electron chi connectivity index (χ0n) is 18.1. The lowest BCUT2D eigenvalue weighted by Crippen LogP contribution is -2.48. The van der Waals surface area contributed by atoms with E-state index in [9.17, 15) is 13.6 Å². The Morgan fingerprint density at radius 2 is 1.82 bits per heavy atom. The van der Waals surface area contributed by atoms with Crippen molar-refractivity contribution < 1.29 is 13.6 Å². The van der Waals surface area contributed by atoms with Crippen LogP contribution in [0.25, 0.3) is 5.65 Å². The minimum Gasteiger partial charge on any atom is -0.298 e. The monoisotopic (exact) mass is 469 g/mol. The first-order chi connectivity index (χ1) is 16.0. The first kappa shape index (κ1) is 20.0. The second-order valence-corrected chi connectivity index (χ2v) is 11.5. The van der Waals surface area contributed by atoms with Crippen LogP contribution >= 0.6 is 11.3 Å². The molecule has 0 aromatic carbocycles. The van der Waals surface area contributed by atoms with Crippen molar-refractivity contribution in [1.29, 1.82) is 0 Å². The number of nitrogens with one attached hydrogen (secondary N) is 1. The Morgan fingerprint density at radius 3 is 2.45 bits per heavy atom. The summed E-state index contributed by atoms with van der Waals surface area (Å²) in [5.74, 6) is 2.26. The zero-order chi connectivity index (χ0) is 22.3. The Kier molecular flexibility index (Phi) is 4.27. The average Bonchev–Trinajstić information content (AvgIpc) is 3.35. The Balaban J connectivity index is 1.17. The van der Waals surface area contributed by atoms with Crippen LogP contribution in [0.5, 0.6) is 0 Å². The third-order valence-corrected chi connectivity index (χ3v) is 9.05. The fourth-order valence-electron chi connectivity index (χ4n) is 7.07. The van der Waals surface area contributed by atoms with Crippen LogP contribution in [0.15, 0.2) is 17.6 Å². The average molecular weight is 470 g/mol. The third kappa shape index (κ3) is 3.22. The maximum Gasteiger partial charge on any atom is 0.280 e. The second-order valence-electron chi connectivity index (χ2n) is 10.7. The highest BCUT2D eigenvalue weighted by molar-refractivity contribution is 7.14. The van der Waals surface area contributed by atoms with E-state index >= 15 is 0 Å². The van der Waals surface area contributed by atoms with Crippen molar-refractivity contribution >= 4 is 28.0 Å². The van der Waals surface area contributed by atoms with Gasteiger partial charge in [-0.2, -0.15) is 5.10 Å². The number of alkyl halides is 2. The molecule has 3 aromatic rings. The number of thiazole rings is 1. The molecule has 0 saturated heterocycles. The Bertz CT molecular complexity index is 1230. The summed E-state index contributed by atoms with van der Waals surface area (Å²) in [6.07, 6.45) is 8.28. The molecular weight excluding hydrogens is 444 g/mol. The van der Waals surface area contributed by atoms with Gasteiger partial charge in [0.25, 0.3) is 12.3 Å². The summed E-state index contributed by atoms with van der Waals surface area (Å²) in [6, 6.07) is 1.42. The van der Waals surface area contributed by atoms with Gasteiger partial charge in [0.1, 0.15) is 11.3 Å². The van der Waals surface area contributed by atoms with Crippen molar-refractivity contribution in [2.45, 2.75) is 69.1 Å². The molecule has 8 rings (SSSR count). The number of anilines is 1. The van der Waals surface area contributed by atoms with Crippen molar-refractivity contribution in [3.05, 3.63) is 40.3 Å². The highest BCUT2D eigenvalue weighted by atomic mass is 32.1. The Morgan fingerprint density at radius 1 is 1.12 bits per heavy atom. The lowest BCUT2D eigenvalue weighted by molar-refractivity contribution is -0.00688. The molecule has 3 heterocycles. The molecule has 5 aliphatic carbocycles. The van der Waals surface area contributed by atoms with E-state index in [4.69, 9.17) is 4.98 Å². The summed E-state index contributed by atoms with van der Waals surface area (Å²) in [5.41, 5.74) is 2.07. The van der Waals surface area contributed by atoms with E-state index in [0.717, 1.165) is 40.8 Å². The van der Waals surface area contributed by atoms with Crippen molar-refractivity contribution in [3.8, 4) is 0 Å². The number of amides is 1. The largest absolute Gasteiger partial charge is 0.298 e. The molecule has 1 N–H and O–H groups in total. The minimum atomic E-state index is -2.69. The van der Waals surface area contributed by atoms with Gasteiger partial charge in [-0.15, -0.1) is 11.3 Å². The van der Waals surface area contributed by atoms with Crippen LogP contribution in [0.3, 0.4) is 0 Å². The lowest BCUT2D eigenvalue weighted by Gasteiger charge is -2.56. The summed E-state index contributed by atoms with van der Waals surface area (Å²) in [7, 11) is 0. The van der Waals surface area contributed by atoms with Gasteiger partial charge in [-0.3, -0.25) is 10.1 Å². The van der Waals surface area contributed by atoms with Crippen LogP contribution in [0.1, 0.15) is 91.1 Å². The van der Waals surface area contributed by atoms with Crippen LogP contribution in [0.2, 0.25) is 0 Å². The topological polar surface area (TPSA) is 72.2 Å². The Hall–Kier alpha value is -2.42. The van der Waals surface area contributed by atoms with Crippen molar-refractivity contribution in [3.63, 3.8) is 0 Å². The van der Waals surface area contributed by atoms with Crippen molar-refractivity contribution in [2.75, 3.05) is 5.32 Å². The highest BCUT2D eigenvalue weighted by Crippen LogP contribution is 2.60. The van der Waals surface area contributed by atoms with E-state index in [1.54, 1.807) is 0 Å². The summed E-state index contributed by atoms with van der Waals surface area (Å²) < 4.78 is 28.4. The molecule has 0 radical (unpaired) electrons. The number of hydrogen-bond donors (Lipinski definition) is 1. The molecule has 5 saturated carbocycles. The molecule has 0 spiro atoms. The molecule has 1 amide bonds. The zero-order valence-corrected chi connectivity index (χ0v) is 19.0. The van der Waals surface area contributed by atoms with E-state index in [1.807, 2.05) is 0 Å². The number of fused-ring (bicyclic) bond motifs is 1.